The fraction of sp³-hybridized carbons (Fsp3) is 0.231. The van der Waals surface area contributed by atoms with Crippen LogP contribution in [0.2, 0.25) is 0 Å². The lowest BCUT2D eigenvalue weighted by Crippen LogP contribution is -2.32. The third-order valence-corrected chi connectivity index (χ3v) is 7.07. The predicted molar refractivity (Wildman–Crippen MR) is 139 cm³/mol. The van der Waals surface area contributed by atoms with Crippen LogP contribution in [0.15, 0.2) is 53.6 Å². The van der Waals surface area contributed by atoms with E-state index >= 15 is 0 Å². The second kappa shape index (κ2) is 9.71. The molecule has 0 aliphatic heterocycles. The van der Waals surface area contributed by atoms with Gasteiger partial charge in [0.2, 0.25) is 5.91 Å². The number of carbonyl (C=O) groups excluding carboxylic acids is 2. The third kappa shape index (κ3) is 4.67. The number of benzene rings is 2. The minimum Gasteiger partial charge on any atom is -0.495 e. The fourth-order valence-corrected chi connectivity index (χ4v) is 4.91. The van der Waals surface area contributed by atoms with E-state index in [1.165, 1.54) is 18.0 Å². The van der Waals surface area contributed by atoms with Gasteiger partial charge >= 0.3 is 0 Å². The molecule has 0 saturated carbocycles. The number of anilines is 2. The Labute approximate surface area is 206 Å². The standard InChI is InChI=1S/C26H26N4O4S/c1-14-10-11-18(15(2)12-14)28-23(31)17(4)30-13-27-25-21(26(30)33)16(3)22(35-25)24(32)29-19-8-6-7-9-20(19)34-5/h6-13,17H,1-5H3,(H,28,31)(H,29,32)/t17-/m0/s1. The molecular formula is C26H26N4O4S. The first kappa shape index (κ1) is 24.2. The lowest BCUT2D eigenvalue weighted by molar-refractivity contribution is -0.118. The van der Waals surface area contributed by atoms with Gasteiger partial charge in [-0.2, -0.15) is 0 Å². The number of hydrogen-bond acceptors (Lipinski definition) is 6. The summed E-state index contributed by atoms with van der Waals surface area (Å²) < 4.78 is 6.59. The molecule has 0 aliphatic rings. The SMILES string of the molecule is COc1ccccc1NC(=O)c1sc2ncn([C@@H](C)C(=O)Nc3ccc(C)cc3C)c(=O)c2c1C. The molecule has 2 amide bonds. The van der Waals surface area contributed by atoms with E-state index < -0.39 is 6.04 Å². The monoisotopic (exact) mass is 490 g/mol. The van der Waals surface area contributed by atoms with E-state index in [4.69, 9.17) is 4.74 Å². The number of hydrogen-bond donors (Lipinski definition) is 2. The summed E-state index contributed by atoms with van der Waals surface area (Å²) in [4.78, 5) is 44.5. The highest BCUT2D eigenvalue weighted by Crippen LogP contribution is 2.30. The highest BCUT2D eigenvalue weighted by molar-refractivity contribution is 7.20. The number of rotatable bonds is 6. The van der Waals surface area contributed by atoms with Gasteiger partial charge in [-0.05, 0) is 57.0 Å². The molecule has 0 bridgehead atoms. The number of thiophene rings is 1. The Morgan fingerprint density at radius 3 is 2.51 bits per heavy atom. The minimum absolute atomic E-state index is 0.328. The Kier molecular flexibility index (Phi) is 6.70. The first-order valence-corrected chi connectivity index (χ1v) is 11.9. The number of aryl methyl sites for hydroxylation is 3. The second-order valence-electron chi connectivity index (χ2n) is 8.33. The van der Waals surface area contributed by atoms with Crippen LogP contribution in [-0.2, 0) is 4.79 Å². The summed E-state index contributed by atoms with van der Waals surface area (Å²) in [5, 5.41) is 6.05. The normalized spacial score (nSPS) is 11.8. The number of aromatic nitrogens is 2. The van der Waals surface area contributed by atoms with Gasteiger partial charge in [0.15, 0.2) is 0 Å². The van der Waals surface area contributed by atoms with E-state index in [0.29, 0.717) is 37.8 Å². The van der Waals surface area contributed by atoms with E-state index in [2.05, 4.69) is 15.6 Å². The number of amides is 2. The lowest BCUT2D eigenvalue weighted by Gasteiger charge is -2.16. The van der Waals surface area contributed by atoms with E-state index in [-0.39, 0.29) is 17.4 Å². The minimum atomic E-state index is -0.801. The number of methoxy groups -OCH3 is 1. The van der Waals surface area contributed by atoms with Gasteiger partial charge in [0, 0.05) is 5.69 Å². The number of para-hydroxylation sites is 2. The van der Waals surface area contributed by atoms with Crippen LogP contribution in [0, 0.1) is 20.8 Å². The molecule has 4 rings (SSSR count). The van der Waals surface area contributed by atoms with E-state index in [0.717, 1.165) is 22.5 Å². The van der Waals surface area contributed by atoms with Crippen LogP contribution >= 0.6 is 11.3 Å². The molecule has 0 fully saturated rings. The summed E-state index contributed by atoms with van der Waals surface area (Å²) in [6, 6.07) is 12.0. The zero-order chi connectivity index (χ0) is 25.3. The van der Waals surface area contributed by atoms with Crippen LogP contribution in [0.3, 0.4) is 0 Å². The van der Waals surface area contributed by atoms with Crippen molar-refractivity contribution in [1.29, 1.82) is 0 Å². The fourth-order valence-electron chi connectivity index (χ4n) is 3.87. The van der Waals surface area contributed by atoms with Crippen molar-refractivity contribution >= 4 is 44.7 Å². The summed E-state index contributed by atoms with van der Waals surface area (Å²) in [6.45, 7) is 7.25. The first-order chi connectivity index (χ1) is 16.7. The van der Waals surface area contributed by atoms with Gasteiger partial charge < -0.3 is 15.4 Å². The van der Waals surface area contributed by atoms with E-state index in [1.54, 1.807) is 32.0 Å². The van der Waals surface area contributed by atoms with Crippen molar-refractivity contribution in [2.24, 2.45) is 0 Å². The molecule has 0 aliphatic carbocycles. The third-order valence-electron chi connectivity index (χ3n) is 5.87. The van der Waals surface area contributed by atoms with Crippen molar-refractivity contribution in [3.8, 4) is 5.75 Å². The number of carbonyl (C=O) groups is 2. The average molecular weight is 491 g/mol. The molecule has 35 heavy (non-hydrogen) atoms. The summed E-state index contributed by atoms with van der Waals surface area (Å²) in [5.74, 6) is -0.160. The molecule has 0 spiro atoms. The van der Waals surface area contributed by atoms with Crippen LogP contribution in [0.25, 0.3) is 10.2 Å². The van der Waals surface area contributed by atoms with Crippen molar-refractivity contribution in [2.45, 2.75) is 33.7 Å². The summed E-state index contributed by atoms with van der Waals surface area (Å²) in [6.07, 6.45) is 1.36. The van der Waals surface area contributed by atoms with Gasteiger partial charge in [-0.25, -0.2) is 4.98 Å². The highest BCUT2D eigenvalue weighted by atomic mass is 32.1. The molecule has 2 N–H and O–H groups in total. The van der Waals surface area contributed by atoms with Crippen molar-refractivity contribution in [3.63, 3.8) is 0 Å². The van der Waals surface area contributed by atoms with Gasteiger partial charge in [0.05, 0.1) is 29.4 Å². The molecule has 4 aromatic rings. The first-order valence-electron chi connectivity index (χ1n) is 11.0. The molecule has 2 aromatic heterocycles. The van der Waals surface area contributed by atoms with Crippen LogP contribution in [0.5, 0.6) is 5.75 Å². The quantitative estimate of drug-likeness (QED) is 0.403. The molecule has 2 heterocycles. The number of nitrogens with zero attached hydrogens (tertiary/aromatic N) is 2. The van der Waals surface area contributed by atoms with Gasteiger partial charge in [0.1, 0.15) is 16.6 Å². The Hall–Kier alpha value is -3.98. The average Bonchev–Trinajstić information content (AvgIpc) is 3.18. The Morgan fingerprint density at radius 2 is 1.80 bits per heavy atom. The molecule has 0 radical (unpaired) electrons. The van der Waals surface area contributed by atoms with Gasteiger partial charge in [0.25, 0.3) is 11.5 Å². The Balaban J connectivity index is 1.63. The van der Waals surface area contributed by atoms with Crippen LogP contribution in [0.1, 0.15) is 39.3 Å². The summed E-state index contributed by atoms with van der Waals surface area (Å²) in [5.41, 5.74) is 3.40. The highest BCUT2D eigenvalue weighted by Gasteiger charge is 2.23. The topological polar surface area (TPSA) is 102 Å². The summed E-state index contributed by atoms with van der Waals surface area (Å²) in [7, 11) is 1.53. The van der Waals surface area contributed by atoms with Crippen LogP contribution in [0.4, 0.5) is 11.4 Å². The van der Waals surface area contributed by atoms with Crippen molar-refractivity contribution in [1.82, 2.24) is 9.55 Å². The predicted octanol–water partition coefficient (Wildman–Crippen LogP) is 4.84. The van der Waals surface area contributed by atoms with Crippen molar-refractivity contribution in [3.05, 3.63) is 80.7 Å². The van der Waals surface area contributed by atoms with Crippen LogP contribution < -0.4 is 20.9 Å². The van der Waals surface area contributed by atoms with Crippen LogP contribution in [-0.4, -0.2) is 28.5 Å². The Morgan fingerprint density at radius 1 is 1.06 bits per heavy atom. The van der Waals surface area contributed by atoms with Gasteiger partial charge in [-0.3, -0.25) is 19.0 Å². The second-order valence-corrected chi connectivity index (χ2v) is 9.33. The Bertz CT molecular complexity index is 1510. The zero-order valence-corrected chi connectivity index (χ0v) is 20.9. The maximum atomic E-state index is 13.4. The largest absolute Gasteiger partial charge is 0.495 e. The molecule has 0 saturated heterocycles. The maximum absolute atomic E-state index is 13.4. The summed E-state index contributed by atoms with van der Waals surface area (Å²) >= 11 is 1.14. The molecule has 2 aromatic carbocycles. The molecule has 9 heteroatoms. The van der Waals surface area contributed by atoms with E-state index in [9.17, 15) is 14.4 Å². The van der Waals surface area contributed by atoms with E-state index in [1.807, 2.05) is 38.1 Å². The lowest BCUT2D eigenvalue weighted by atomic mass is 10.1. The van der Waals surface area contributed by atoms with Crippen molar-refractivity contribution in [2.75, 3.05) is 17.7 Å². The number of fused-ring (bicyclic) bond motifs is 1. The van der Waals surface area contributed by atoms with Crippen molar-refractivity contribution < 1.29 is 14.3 Å². The smallest absolute Gasteiger partial charge is 0.266 e. The number of ether oxygens (including phenoxy) is 1. The van der Waals surface area contributed by atoms with Gasteiger partial charge in [-0.15, -0.1) is 11.3 Å². The molecule has 8 nitrogen and oxygen atoms in total. The maximum Gasteiger partial charge on any atom is 0.266 e. The molecule has 0 unspecified atom stereocenters. The van der Waals surface area contributed by atoms with Gasteiger partial charge in [-0.1, -0.05) is 29.8 Å². The molecular weight excluding hydrogens is 464 g/mol. The molecule has 1 atom stereocenters. The number of nitrogens with one attached hydrogen (secondary N) is 2. The molecule has 180 valence electrons. The zero-order valence-electron chi connectivity index (χ0n) is 20.1.